The predicted molar refractivity (Wildman–Crippen MR) is 88.6 cm³/mol. The van der Waals surface area contributed by atoms with Gasteiger partial charge in [-0.15, -0.1) is 0 Å². The standard InChI is InChI=1S/C17H20N4O/c1-13(16-7-3-5-9-18-16)20-11-15(22)12-21-14(2)17-8-4-6-10-19-17/h3-10,15,22H,11-12H2,1-2H3. The van der Waals surface area contributed by atoms with Gasteiger partial charge in [0.2, 0.25) is 0 Å². The summed E-state index contributed by atoms with van der Waals surface area (Å²) in [6, 6.07) is 11.3. The van der Waals surface area contributed by atoms with Crippen LogP contribution in [0.2, 0.25) is 0 Å². The van der Waals surface area contributed by atoms with Crippen LogP contribution in [0.5, 0.6) is 0 Å². The molecule has 0 aromatic carbocycles. The van der Waals surface area contributed by atoms with Gasteiger partial charge in [-0.05, 0) is 38.1 Å². The van der Waals surface area contributed by atoms with Crippen LogP contribution in [0.1, 0.15) is 25.2 Å². The van der Waals surface area contributed by atoms with Gasteiger partial charge in [-0.3, -0.25) is 20.0 Å². The zero-order valence-electron chi connectivity index (χ0n) is 12.8. The molecule has 0 saturated heterocycles. The lowest BCUT2D eigenvalue weighted by molar-refractivity contribution is 0.192. The fourth-order valence-electron chi connectivity index (χ4n) is 1.86. The fraction of sp³-hybridized carbons (Fsp3) is 0.294. The van der Waals surface area contributed by atoms with Crippen molar-refractivity contribution >= 4 is 11.4 Å². The van der Waals surface area contributed by atoms with Crippen molar-refractivity contribution in [1.29, 1.82) is 0 Å². The molecule has 2 aromatic rings. The maximum absolute atomic E-state index is 9.99. The molecule has 0 aliphatic carbocycles. The average molecular weight is 296 g/mol. The lowest BCUT2D eigenvalue weighted by Crippen LogP contribution is -2.17. The Labute approximate surface area is 130 Å². The smallest absolute Gasteiger partial charge is 0.0930 e. The summed E-state index contributed by atoms with van der Waals surface area (Å²) < 4.78 is 0. The van der Waals surface area contributed by atoms with Gasteiger partial charge in [0.05, 0.1) is 42.0 Å². The van der Waals surface area contributed by atoms with E-state index in [0.29, 0.717) is 13.1 Å². The molecule has 0 bridgehead atoms. The van der Waals surface area contributed by atoms with Gasteiger partial charge in [-0.2, -0.15) is 0 Å². The van der Waals surface area contributed by atoms with Crippen molar-refractivity contribution in [3.63, 3.8) is 0 Å². The second kappa shape index (κ2) is 8.14. The normalized spacial score (nSPS) is 14.0. The molecule has 2 heterocycles. The molecular weight excluding hydrogens is 276 g/mol. The largest absolute Gasteiger partial charge is 0.389 e. The first-order valence-electron chi connectivity index (χ1n) is 7.20. The first-order valence-corrected chi connectivity index (χ1v) is 7.20. The molecular formula is C17H20N4O. The fourth-order valence-corrected chi connectivity index (χ4v) is 1.86. The Hall–Kier alpha value is -2.40. The first-order chi connectivity index (χ1) is 10.7. The molecule has 0 saturated carbocycles. The van der Waals surface area contributed by atoms with Gasteiger partial charge >= 0.3 is 0 Å². The Morgan fingerprint density at radius 3 is 1.73 bits per heavy atom. The van der Waals surface area contributed by atoms with Crippen LogP contribution in [-0.2, 0) is 0 Å². The van der Waals surface area contributed by atoms with E-state index in [0.717, 1.165) is 22.8 Å². The number of pyridine rings is 2. The van der Waals surface area contributed by atoms with Crippen LogP contribution in [0, 0.1) is 0 Å². The monoisotopic (exact) mass is 296 g/mol. The van der Waals surface area contributed by atoms with E-state index in [9.17, 15) is 5.11 Å². The van der Waals surface area contributed by atoms with Crippen molar-refractivity contribution < 1.29 is 5.11 Å². The van der Waals surface area contributed by atoms with Crippen molar-refractivity contribution in [1.82, 2.24) is 9.97 Å². The number of hydrogen-bond acceptors (Lipinski definition) is 5. The van der Waals surface area contributed by atoms with Gasteiger partial charge in [0.25, 0.3) is 0 Å². The number of nitrogens with zero attached hydrogens (tertiary/aromatic N) is 4. The van der Waals surface area contributed by atoms with Crippen LogP contribution >= 0.6 is 0 Å². The third kappa shape index (κ3) is 4.86. The quantitative estimate of drug-likeness (QED) is 0.830. The highest BCUT2D eigenvalue weighted by atomic mass is 16.3. The summed E-state index contributed by atoms with van der Waals surface area (Å²) in [5, 5.41) is 9.99. The highest BCUT2D eigenvalue weighted by Gasteiger charge is 2.05. The minimum Gasteiger partial charge on any atom is -0.389 e. The summed E-state index contributed by atoms with van der Waals surface area (Å²) in [6.45, 7) is 4.39. The minimum atomic E-state index is -0.614. The van der Waals surface area contributed by atoms with Gasteiger partial charge in [-0.1, -0.05) is 12.1 Å². The predicted octanol–water partition coefficient (Wildman–Crippen LogP) is 2.16. The van der Waals surface area contributed by atoms with E-state index in [1.54, 1.807) is 12.4 Å². The molecule has 0 fully saturated rings. The summed E-state index contributed by atoms with van der Waals surface area (Å²) in [6.07, 6.45) is 2.84. The van der Waals surface area contributed by atoms with Crippen molar-refractivity contribution in [2.24, 2.45) is 9.98 Å². The average Bonchev–Trinajstić information content (AvgIpc) is 2.59. The molecule has 5 nitrogen and oxygen atoms in total. The Kier molecular flexibility index (Phi) is 5.91. The van der Waals surface area contributed by atoms with Gasteiger partial charge in [0.1, 0.15) is 0 Å². The lowest BCUT2D eigenvalue weighted by Gasteiger charge is -2.07. The molecule has 0 aliphatic rings. The van der Waals surface area contributed by atoms with Crippen LogP contribution in [0.15, 0.2) is 58.8 Å². The molecule has 0 atom stereocenters. The van der Waals surface area contributed by atoms with Crippen LogP contribution in [-0.4, -0.2) is 45.7 Å². The highest BCUT2D eigenvalue weighted by molar-refractivity contribution is 5.97. The van der Waals surface area contributed by atoms with E-state index >= 15 is 0 Å². The molecule has 5 heteroatoms. The van der Waals surface area contributed by atoms with E-state index in [-0.39, 0.29) is 0 Å². The first kappa shape index (κ1) is 16.0. The third-order valence-electron chi connectivity index (χ3n) is 3.15. The number of hydrogen-bond donors (Lipinski definition) is 1. The van der Waals surface area contributed by atoms with Crippen molar-refractivity contribution in [2.75, 3.05) is 13.1 Å². The minimum absolute atomic E-state index is 0.307. The van der Waals surface area contributed by atoms with Crippen LogP contribution in [0.4, 0.5) is 0 Å². The molecule has 0 spiro atoms. The Morgan fingerprint density at radius 2 is 1.36 bits per heavy atom. The maximum atomic E-state index is 9.99. The number of aliphatic hydroxyl groups is 1. The molecule has 22 heavy (non-hydrogen) atoms. The van der Waals surface area contributed by atoms with E-state index in [4.69, 9.17) is 0 Å². The summed E-state index contributed by atoms with van der Waals surface area (Å²) in [4.78, 5) is 17.2. The molecule has 1 N–H and O–H groups in total. The van der Waals surface area contributed by atoms with Gasteiger partial charge < -0.3 is 5.11 Å². The van der Waals surface area contributed by atoms with Crippen LogP contribution in [0.25, 0.3) is 0 Å². The Bertz CT molecular complexity index is 581. The van der Waals surface area contributed by atoms with Crippen molar-refractivity contribution in [2.45, 2.75) is 20.0 Å². The van der Waals surface area contributed by atoms with E-state index < -0.39 is 6.10 Å². The summed E-state index contributed by atoms with van der Waals surface area (Å²) in [7, 11) is 0. The lowest BCUT2D eigenvalue weighted by atomic mass is 10.2. The second-order valence-electron chi connectivity index (χ2n) is 4.94. The molecule has 0 aliphatic heterocycles. The third-order valence-corrected chi connectivity index (χ3v) is 3.15. The SMILES string of the molecule is CC(=NCC(O)CN=C(C)c1ccccn1)c1ccccn1. The highest BCUT2D eigenvalue weighted by Crippen LogP contribution is 2.00. The number of rotatable bonds is 6. The molecule has 0 amide bonds. The number of aliphatic imine (C=N–C) groups is 2. The van der Waals surface area contributed by atoms with E-state index in [1.807, 2.05) is 50.2 Å². The van der Waals surface area contributed by atoms with E-state index in [1.165, 1.54) is 0 Å². The van der Waals surface area contributed by atoms with Gasteiger partial charge in [-0.25, -0.2) is 0 Å². The summed E-state index contributed by atoms with van der Waals surface area (Å²) in [5.74, 6) is 0. The Morgan fingerprint density at radius 1 is 0.909 bits per heavy atom. The van der Waals surface area contributed by atoms with Gasteiger partial charge in [0, 0.05) is 12.4 Å². The zero-order valence-corrected chi connectivity index (χ0v) is 12.8. The molecule has 0 radical (unpaired) electrons. The molecule has 114 valence electrons. The van der Waals surface area contributed by atoms with Crippen molar-refractivity contribution in [3.05, 3.63) is 60.2 Å². The van der Waals surface area contributed by atoms with Crippen molar-refractivity contribution in [3.8, 4) is 0 Å². The number of aliphatic hydroxyl groups excluding tert-OH is 1. The van der Waals surface area contributed by atoms with E-state index in [2.05, 4.69) is 20.0 Å². The number of aromatic nitrogens is 2. The van der Waals surface area contributed by atoms with Crippen LogP contribution < -0.4 is 0 Å². The topological polar surface area (TPSA) is 70.7 Å². The summed E-state index contributed by atoms with van der Waals surface area (Å²) >= 11 is 0. The molecule has 2 rings (SSSR count). The Balaban J connectivity index is 1.89. The van der Waals surface area contributed by atoms with Crippen LogP contribution in [0.3, 0.4) is 0 Å². The zero-order chi connectivity index (χ0) is 15.8. The second-order valence-corrected chi connectivity index (χ2v) is 4.94. The summed E-state index contributed by atoms with van der Waals surface area (Å²) in [5.41, 5.74) is 3.26. The maximum Gasteiger partial charge on any atom is 0.0930 e. The molecule has 2 aromatic heterocycles. The van der Waals surface area contributed by atoms with Gasteiger partial charge in [0.15, 0.2) is 0 Å². The molecule has 0 unspecified atom stereocenters.